The Labute approximate surface area is 182 Å². The third kappa shape index (κ3) is 8.70. The van der Waals surface area contributed by atoms with E-state index >= 15 is 0 Å². The van der Waals surface area contributed by atoms with Gasteiger partial charge in [0.2, 0.25) is 5.91 Å². The number of hydrogen-bond acceptors (Lipinski definition) is 4. The fraction of sp³-hybridized carbons (Fsp3) is 0.421. The zero-order valence-electron chi connectivity index (χ0n) is 16.2. The second kappa shape index (κ2) is 11.9. The summed E-state index contributed by atoms with van der Waals surface area (Å²) >= 11 is 1.82. The molecule has 0 spiro atoms. The lowest BCUT2D eigenvalue weighted by atomic mass is 10.2. The number of aryl methyl sites for hydroxylation is 2. The van der Waals surface area contributed by atoms with E-state index in [2.05, 4.69) is 51.9 Å². The summed E-state index contributed by atoms with van der Waals surface area (Å²) in [7, 11) is 1.73. The van der Waals surface area contributed by atoms with Crippen LogP contribution in [0.1, 0.15) is 28.7 Å². The molecule has 1 atom stereocenters. The van der Waals surface area contributed by atoms with Gasteiger partial charge in [0.05, 0.1) is 0 Å². The molecule has 3 N–H and O–H groups in total. The lowest BCUT2D eigenvalue weighted by molar-refractivity contribution is -0.116. The van der Waals surface area contributed by atoms with Crippen LogP contribution in [0.2, 0.25) is 0 Å². The second-order valence-electron chi connectivity index (χ2n) is 6.28. The van der Waals surface area contributed by atoms with Crippen LogP contribution >= 0.6 is 35.3 Å². The SMILES string of the molecule is CN=C(NCCC(=O)Nc1ccc(C)cn1)NC(C)Cc1ccc(C)s1.I. The second-order valence-corrected chi connectivity index (χ2v) is 7.65. The van der Waals surface area contributed by atoms with Gasteiger partial charge in [0.1, 0.15) is 5.82 Å². The number of pyridine rings is 1. The van der Waals surface area contributed by atoms with Crippen molar-refractivity contribution in [1.29, 1.82) is 0 Å². The van der Waals surface area contributed by atoms with Crippen LogP contribution in [0.3, 0.4) is 0 Å². The van der Waals surface area contributed by atoms with Crippen molar-refractivity contribution in [1.82, 2.24) is 15.6 Å². The third-order valence-corrected chi connectivity index (χ3v) is 4.76. The highest BCUT2D eigenvalue weighted by molar-refractivity contribution is 14.0. The maximum absolute atomic E-state index is 12.0. The van der Waals surface area contributed by atoms with Gasteiger partial charge in [0.15, 0.2) is 5.96 Å². The molecule has 0 saturated heterocycles. The molecule has 0 aromatic carbocycles. The molecule has 2 heterocycles. The Balaban J connectivity index is 0.00000364. The Morgan fingerprint density at radius 2 is 2.04 bits per heavy atom. The van der Waals surface area contributed by atoms with Crippen molar-refractivity contribution < 1.29 is 4.79 Å². The third-order valence-electron chi connectivity index (χ3n) is 3.73. The first-order chi connectivity index (χ1) is 12.5. The number of halogens is 1. The number of amides is 1. The van der Waals surface area contributed by atoms with Crippen LogP contribution in [0.25, 0.3) is 0 Å². The molecule has 1 unspecified atom stereocenters. The highest BCUT2D eigenvalue weighted by Gasteiger charge is 2.09. The summed E-state index contributed by atoms with van der Waals surface area (Å²) in [5, 5.41) is 9.32. The summed E-state index contributed by atoms with van der Waals surface area (Å²) in [6, 6.07) is 8.28. The number of carbonyl (C=O) groups is 1. The molecule has 0 aliphatic carbocycles. The molecule has 6 nitrogen and oxygen atoms in total. The van der Waals surface area contributed by atoms with Gasteiger partial charge in [0, 0.05) is 48.4 Å². The largest absolute Gasteiger partial charge is 0.356 e. The average Bonchev–Trinajstić information content (AvgIpc) is 3.00. The van der Waals surface area contributed by atoms with Gasteiger partial charge in [-0.05, 0) is 44.5 Å². The van der Waals surface area contributed by atoms with E-state index in [1.54, 1.807) is 19.3 Å². The minimum Gasteiger partial charge on any atom is -0.356 e. The Morgan fingerprint density at radius 1 is 1.26 bits per heavy atom. The predicted molar refractivity (Wildman–Crippen MR) is 124 cm³/mol. The highest BCUT2D eigenvalue weighted by atomic mass is 127. The smallest absolute Gasteiger partial charge is 0.227 e. The van der Waals surface area contributed by atoms with Crippen molar-refractivity contribution in [3.05, 3.63) is 45.8 Å². The Kier molecular flexibility index (Phi) is 10.3. The topological polar surface area (TPSA) is 78.4 Å². The van der Waals surface area contributed by atoms with E-state index in [-0.39, 0.29) is 35.9 Å². The lowest BCUT2D eigenvalue weighted by Gasteiger charge is -2.17. The van der Waals surface area contributed by atoms with Gasteiger partial charge in [-0.2, -0.15) is 0 Å². The number of rotatable bonds is 7. The first-order valence-corrected chi connectivity index (χ1v) is 9.53. The van der Waals surface area contributed by atoms with Gasteiger partial charge in [-0.3, -0.25) is 9.79 Å². The summed E-state index contributed by atoms with van der Waals surface area (Å²) < 4.78 is 0. The van der Waals surface area contributed by atoms with Crippen molar-refractivity contribution in [2.75, 3.05) is 18.9 Å². The highest BCUT2D eigenvalue weighted by Crippen LogP contribution is 2.16. The molecular formula is C19H28IN5OS. The van der Waals surface area contributed by atoms with Gasteiger partial charge in [-0.25, -0.2) is 4.98 Å². The molecule has 0 bridgehead atoms. The number of thiophene rings is 1. The quantitative estimate of drug-likeness (QED) is 0.308. The summed E-state index contributed by atoms with van der Waals surface area (Å²) in [5.74, 6) is 1.20. The molecule has 0 aliphatic heterocycles. The van der Waals surface area contributed by atoms with E-state index in [0.29, 0.717) is 24.7 Å². The van der Waals surface area contributed by atoms with Crippen LogP contribution in [-0.4, -0.2) is 36.5 Å². The van der Waals surface area contributed by atoms with Crippen LogP contribution in [0, 0.1) is 13.8 Å². The van der Waals surface area contributed by atoms with E-state index in [1.807, 2.05) is 24.3 Å². The minimum absolute atomic E-state index is 0. The molecule has 2 aromatic rings. The van der Waals surface area contributed by atoms with Crippen LogP contribution in [0.15, 0.2) is 35.5 Å². The van der Waals surface area contributed by atoms with E-state index in [9.17, 15) is 4.79 Å². The van der Waals surface area contributed by atoms with E-state index in [4.69, 9.17) is 0 Å². The molecule has 2 aromatic heterocycles. The van der Waals surface area contributed by atoms with Crippen molar-refractivity contribution in [3.8, 4) is 0 Å². The number of hydrogen-bond donors (Lipinski definition) is 3. The molecule has 0 saturated carbocycles. The maximum Gasteiger partial charge on any atom is 0.227 e. The molecule has 2 rings (SSSR count). The fourth-order valence-corrected chi connectivity index (χ4v) is 3.44. The first kappa shape index (κ1) is 23.4. The number of aromatic nitrogens is 1. The van der Waals surface area contributed by atoms with Gasteiger partial charge in [-0.1, -0.05) is 6.07 Å². The van der Waals surface area contributed by atoms with Crippen LogP contribution in [-0.2, 0) is 11.2 Å². The normalized spacial score (nSPS) is 12.1. The Bertz CT molecular complexity index is 745. The van der Waals surface area contributed by atoms with Gasteiger partial charge in [-0.15, -0.1) is 35.3 Å². The molecule has 0 fully saturated rings. The fourth-order valence-electron chi connectivity index (χ4n) is 2.42. The molecular weight excluding hydrogens is 473 g/mol. The maximum atomic E-state index is 12.0. The molecule has 8 heteroatoms. The lowest BCUT2D eigenvalue weighted by Crippen LogP contribution is -2.43. The average molecular weight is 501 g/mol. The van der Waals surface area contributed by atoms with Gasteiger partial charge in [0.25, 0.3) is 0 Å². The van der Waals surface area contributed by atoms with E-state index in [0.717, 1.165) is 12.0 Å². The van der Waals surface area contributed by atoms with E-state index in [1.165, 1.54) is 9.75 Å². The number of carbonyl (C=O) groups excluding carboxylic acids is 1. The Morgan fingerprint density at radius 3 is 2.63 bits per heavy atom. The summed E-state index contributed by atoms with van der Waals surface area (Å²) in [5.41, 5.74) is 1.06. The molecule has 27 heavy (non-hydrogen) atoms. The van der Waals surface area contributed by atoms with Crippen molar-refractivity contribution >= 4 is 53.0 Å². The number of aliphatic imine (C=N–C) groups is 1. The standard InChI is InChI=1S/C19H27N5OS.HI/c1-13-5-8-17(22-12-13)24-18(25)9-10-21-19(20-4)23-14(2)11-16-7-6-15(3)26-16;/h5-8,12,14H,9-11H2,1-4H3,(H2,20,21,23)(H,22,24,25);1H. The summed E-state index contributed by atoms with van der Waals surface area (Å²) in [4.78, 5) is 23.0. The van der Waals surface area contributed by atoms with Gasteiger partial charge < -0.3 is 16.0 Å². The predicted octanol–water partition coefficient (Wildman–Crippen LogP) is 3.50. The summed E-state index contributed by atoms with van der Waals surface area (Å²) in [6.45, 7) is 6.70. The first-order valence-electron chi connectivity index (χ1n) is 8.71. The molecule has 148 valence electrons. The zero-order valence-corrected chi connectivity index (χ0v) is 19.4. The van der Waals surface area contributed by atoms with Crippen molar-refractivity contribution in [2.45, 2.75) is 39.7 Å². The number of guanidine groups is 1. The molecule has 0 aliphatic rings. The number of anilines is 1. The monoisotopic (exact) mass is 501 g/mol. The summed E-state index contributed by atoms with van der Waals surface area (Å²) in [6.07, 6.45) is 3.02. The minimum atomic E-state index is -0.0774. The number of nitrogens with zero attached hydrogens (tertiary/aromatic N) is 2. The van der Waals surface area contributed by atoms with E-state index < -0.39 is 0 Å². The van der Waals surface area contributed by atoms with Crippen LogP contribution < -0.4 is 16.0 Å². The Hall–Kier alpha value is -1.68. The number of nitrogens with one attached hydrogen (secondary N) is 3. The van der Waals surface area contributed by atoms with Crippen molar-refractivity contribution in [3.63, 3.8) is 0 Å². The van der Waals surface area contributed by atoms with Gasteiger partial charge >= 0.3 is 0 Å². The van der Waals surface area contributed by atoms with Crippen LogP contribution in [0.5, 0.6) is 0 Å². The molecule has 1 amide bonds. The zero-order chi connectivity index (χ0) is 18.9. The van der Waals surface area contributed by atoms with Crippen LogP contribution in [0.4, 0.5) is 5.82 Å². The molecule has 0 radical (unpaired) electrons. The van der Waals surface area contributed by atoms with Crippen molar-refractivity contribution in [2.24, 2.45) is 4.99 Å².